The monoisotopic (exact) mass is 212 g/mol. The highest BCUT2D eigenvalue weighted by molar-refractivity contribution is 4.84. The van der Waals surface area contributed by atoms with Gasteiger partial charge in [0, 0.05) is 19.1 Å². The van der Waals surface area contributed by atoms with Crippen LogP contribution in [0.3, 0.4) is 0 Å². The molecule has 0 amide bonds. The molecule has 0 aromatic carbocycles. The van der Waals surface area contributed by atoms with Crippen molar-refractivity contribution in [3.63, 3.8) is 0 Å². The van der Waals surface area contributed by atoms with Crippen LogP contribution in [0.25, 0.3) is 0 Å². The molecule has 0 aliphatic carbocycles. The van der Waals surface area contributed by atoms with E-state index in [1.807, 2.05) is 0 Å². The fraction of sp³-hybridized carbons (Fsp3) is 1.00. The summed E-state index contributed by atoms with van der Waals surface area (Å²) < 4.78 is 0. The third-order valence-electron chi connectivity index (χ3n) is 3.63. The van der Waals surface area contributed by atoms with Crippen molar-refractivity contribution >= 4 is 0 Å². The first-order valence-electron chi connectivity index (χ1n) is 6.63. The van der Waals surface area contributed by atoms with Crippen molar-refractivity contribution in [1.82, 2.24) is 10.2 Å². The predicted molar refractivity (Wildman–Crippen MR) is 67.1 cm³/mol. The fourth-order valence-corrected chi connectivity index (χ4v) is 2.47. The standard InChI is InChI=1S/C13H28N2/c1-5-7-14-13-8-12(11(3)4)9-15(6-2)10-13/h11-14H,5-10H2,1-4H3. The number of rotatable bonds is 5. The summed E-state index contributed by atoms with van der Waals surface area (Å²) in [6, 6.07) is 0.728. The minimum atomic E-state index is 0.728. The molecule has 0 saturated carbocycles. The smallest absolute Gasteiger partial charge is 0.0198 e. The largest absolute Gasteiger partial charge is 0.313 e. The van der Waals surface area contributed by atoms with Crippen LogP contribution in [0.4, 0.5) is 0 Å². The summed E-state index contributed by atoms with van der Waals surface area (Å²) in [5.74, 6) is 1.71. The second-order valence-electron chi connectivity index (χ2n) is 5.24. The molecule has 1 saturated heterocycles. The molecule has 2 atom stereocenters. The first-order valence-corrected chi connectivity index (χ1v) is 6.63. The molecule has 1 heterocycles. The molecule has 0 radical (unpaired) electrons. The van der Waals surface area contributed by atoms with Crippen LogP contribution in [0.15, 0.2) is 0 Å². The molecule has 0 bridgehead atoms. The lowest BCUT2D eigenvalue weighted by Gasteiger charge is -2.39. The summed E-state index contributed by atoms with van der Waals surface area (Å²) in [6.45, 7) is 14.2. The van der Waals surface area contributed by atoms with Gasteiger partial charge in [0.2, 0.25) is 0 Å². The first kappa shape index (κ1) is 13.0. The van der Waals surface area contributed by atoms with E-state index in [0.29, 0.717) is 0 Å². The lowest BCUT2D eigenvalue weighted by molar-refractivity contribution is 0.121. The van der Waals surface area contributed by atoms with Gasteiger partial charge in [-0.3, -0.25) is 0 Å². The van der Waals surface area contributed by atoms with E-state index in [1.54, 1.807) is 0 Å². The SMILES string of the molecule is CCCNC1CC(C(C)C)CN(CC)C1. The summed E-state index contributed by atoms with van der Waals surface area (Å²) >= 11 is 0. The van der Waals surface area contributed by atoms with Crippen LogP contribution in [-0.2, 0) is 0 Å². The van der Waals surface area contributed by atoms with Crippen molar-refractivity contribution in [2.75, 3.05) is 26.2 Å². The van der Waals surface area contributed by atoms with E-state index in [4.69, 9.17) is 0 Å². The van der Waals surface area contributed by atoms with Gasteiger partial charge in [0.05, 0.1) is 0 Å². The molecule has 2 unspecified atom stereocenters. The quantitative estimate of drug-likeness (QED) is 0.752. The molecular weight excluding hydrogens is 184 g/mol. The van der Waals surface area contributed by atoms with Crippen LogP contribution in [0.2, 0.25) is 0 Å². The number of nitrogens with one attached hydrogen (secondary N) is 1. The van der Waals surface area contributed by atoms with E-state index in [9.17, 15) is 0 Å². The maximum atomic E-state index is 3.68. The number of hydrogen-bond donors (Lipinski definition) is 1. The molecule has 0 spiro atoms. The maximum absolute atomic E-state index is 3.68. The van der Waals surface area contributed by atoms with Crippen molar-refractivity contribution in [1.29, 1.82) is 0 Å². The normalized spacial score (nSPS) is 28.6. The van der Waals surface area contributed by atoms with Gasteiger partial charge >= 0.3 is 0 Å². The predicted octanol–water partition coefficient (Wildman–Crippen LogP) is 2.35. The first-order chi connectivity index (χ1) is 7.17. The van der Waals surface area contributed by atoms with Crippen molar-refractivity contribution in [3.8, 4) is 0 Å². The highest BCUT2D eigenvalue weighted by Gasteiger charge is 2.27. The molecule has 2 heteroatoms. The van der Waals surface area contributed by atoms with E-state index in [-0.39, 0.29) is 0 Å². The summed E-state index contributed by atoms with van der Waals surface area (Å²) in [7, 11) is 0. The van der Waals surface area contributed by atoms with Gasteiger partial charge in [-0.05, 0) is 37.8 Å². The fourth-order valence-electron chi connectivity index (χ4n) is 2.47. The molecule has 1 rings (SSSR count). The summed E-state index contributed by atoms with van der Waals surface area (Å²) in [4.78, 5) is 2.60. The minimum absolute atomic E-state index is 0.728. The lowest BCUT2D eigenvalue weighted by atomic mass is 9.85. The van der Waals surface area contributed by atoms with Crippen LogP contribution in [-0.4, -0.2) is 37.1 Å². The highest BCUT2D eigenvalue weighted by atomic mass is 15.2. The Hall–Kier alpha value is -0.0800. The summed E-state index contributed by atoms with van der Waals surface area (Å²) in [5.41, 5.74) is 0. The zero-order chi connectivity index (χ0) is 11.3. The second kappa shape index (κ2) is 6.49. The highest BCUT2D eigenvalue weighted by Crippen LogP contribution is 2.23. The topological polar surface area (TPSA) is 15.3 Å². The van der Waals surface area contributed by atoms with Crippen molar-refractivity contribution in [3.05, 3.63) is 0 Å². The number of nitrogens with zero attached hydrogens (tertiary/aromatic N) is 1. The van der Waals surface area contributed by atoms with Crippen molar-refractivity contribution in [2.24, 2.45) is 11.8 Å². The number of piperidine rings is 1. The molecule has 1 aliphatic rings. The molecule has 0 aromatic heterocycles. The van der Waals surface area contributed by atoms with E-state index in [1.165, 1.54) is 39.0 Å². The summed E-state index contributed by atoms with van der Waals surface area (Å²) in [6.07, 6.45) is 2.61. The molecule has 0 aromatic rings. The molecule has 90 valence electrons. The number of likely N-dealkylation sites (tertiary alicyclic amines) is 1. The van der Waals surface area contributed by atoms with Gasteiger partial charge in [-0.1, -0.05) is 27.7 Å². The van der Waals surface area contributed by atoms with Crippen molar-refractivity contribution < 1.29 is 0 Å². The molecule has 2 nitrogen and oxygen atoms in total. The van der Waals surface area contributed by atoms with Crippen molar-refractivity contribution in [2.45, 2.75) is 46.6 Å². The molecule has 1 N–H and O–H groups in total. The Balaban J connectivity index is 2.43. The minimum Gasteiger partial charge on any atom is -0.313 e. The van der Waals surface area contributed by atoms with Gasteiger partial charge in [-0.15, -0.1) is 0 Å². The van der Waals surface area contributed by atoms with Gasteiger partial charge in [0.25, 0.3) is 0 Å². The third kappa shape index (κ3) is 4.12. The van der Waals surface area contributed by atoms with Crippen LogP contribution in [0, 0.1) is 11.8 Å². The van der Waals surface area contributed by atoms with Gasteiger partial charge in [-0.25, -0.2) is 0 Å². The van der Waals surface area contributed by atoms with Gasteiger partial charge in [0.15, 0.2) is 0 Å². The molecule has 15 heavy (non-hydrogen) atoms. The Morgan fingerprint density at radius 2 is 2.00 bits per heavy atom. The Morgan fingerprint density at radius 1 is 1.27 bits per heavy atom. The van der Waals surface area contributed by atoms with E-state index >= 15 is 0 Å². The summed E-state index contributed by atoms with van der Waals surface area (Å²) in [5, 5.41) is 3.68. The second-order valence-corrected chi connectivity index (χ2v) is 5.24. The van der Waals surface area contributed by atoms with Gasteiger partial charge < -0.3 is 10.2 Å². The van der Waals surface area contributed by atoms with E-state index in [0.717, 1.165) is 17.9 Å². The molecular formula is C13H28N2. The zero-order valence-corrected chi connectivity index (χ0v) is 10.9. The van der Waals surface area contributed by atoms with Gasteiger partial charge in [-0.2, -0.15) is 0 Å². The average Bonchev–Trinajstić information content (AvgIpc) is 2.25. The average molecular weight is 212 g/mol. The Labute approximate surface area is 95.4 Å². The van der Waals surface area contributed by atoms with Gasteiger partial charge in [0.1, 0.15) is 0 Å². The van der Waals surface area contributed by atoms with E-state index < -0.39 is 0 Å². The molecule has 1 fully saturated rings. The number of hydrogen-bond acceptors (Lipinski definition) is 2. The Morgan fingerprint density at radius 3 is 2.53 bits per heavy atom. The van der Waals surface area contributed by atoms with Crippen LogP contribution < -0.4 is 5.32 Å². The third-order valence-corrected chi connectivity index (χ3v) is 3.63. The lowest BCUT2D eigenvalue weighted by Crippen LogP contribution is -2.50. The van der Waals surface area contributed by atoms with Crippen LogP contribution >= 0.6 is 0 Å². The van der Waals surface area contributed by atoms with Crippen LogP contribution in [0.5, 0.6) is 0 Å². The zero-order valence-electron chi connectivity index (χ0n) is 10.9. The van der Waals surface area contributed by atoms with Crippen LogP contribution in [0.1, 0.15) is 40.5 Å². The Bertz CT molecular complexity index is 168. The Kier molecular flexibility index (Phi) is 5.62. The maximum Gasteiger partial charge on any atom is 0.0198 e. The number of likely N-dealkylation sites (N-methyl/N-ethyl adjacent to an activating group) is 1. The molecule has 1 aliphatic heterocycles. The van der Waals surface area contributed by atoms with E-state index in [2.05, 4.69) is 37.9 Å².